The quantitative estimate of drug-likeness (QED) is 0.490. The number of alkyl carbamates (subject to hydrolysis) is 1. The van der Waals surface area contributed by atoms with Crippen LogP contribution in [-0.4, -0.2) is 58.5 Å². The molecule has 3 rings (SSSR count). The number of benzene rings is 1. The molecule has 0 bridgehead atoms. The fourth-order valence-corrected chi connectivity index (χ4v) is 3.62. The number of aromatic nitrogens is 2. The normalized spacial score (nSPS) is 18.8. The zero-order valence-electron chi connectivity index (χ0n) is 21.2. The summed E-state index contributed by atoms with van der Waals surface area (Å²) in [7, 11) is 0. The second kappa shape index (κ2) is 9.98. The molecule has 0 unspecified atom stereocenters. The van der Waals surface area contributed by atoms with E-state index in [1.807, 2.05) is 0 Å². The summed E-state index contributed by atoms with van der Waals surface area (Å²) in [5.41, 5.74) is -1.58. The van der Waals surface area contributed by atoms with Crippen LogP contribution in [0.4, 0.5) is 23.9 Å². The zero-order chi connectivity index (χ0) is 27.0. The van der Waals surface area contributed by atoms with E-state index in [-0.39, 0.29) is 36.5 Å². The molecule has 1 amide bonds. The number of imidazole rings is 1. The maximum absolute atomic E-state index is 14.7. The maximum Gasteiger partial charge on any atom is 0.408 e. The lowest BCUT2D eigenvalue weighted by atomic mass is 9.97. The van der Waals surface area contributed by atoms with Gasteiger partial charge in [-0.25, -0.2) is 27.7 Å². The molecule has 0 saturated carbocycles. The van der Waals surface area contributed by atoms with Crippen molar-refractivity contribution in [1.29, 1.82) is 0 Å². The number of amides is 1. The van der Waals surface area contributed by atoms with E-state index in [2.05, 4.69) is 10.3 Å². The van der Waals surface area contributed by atoms with Crippen LogP contribution in [0.5, 0.6) is 0 Å². The number of hydrogen-bond acceptors (Lipinski definition) is 7. The van der Waals surface area contributed by atoms with E-state index in [1.54, 1.807) is 46.4 Å². The molecule has 0 aliphatic carbocycles. The molecule has 1 aromatic carbocycles. The lowest BCUT2D eigenvalue weighted by Crippen LogP contribution is -2.55. The monoisotopic (exact) mass is 512 g/mol. The number of nitrogens with one attached hydrogen (secondary N) is 1. The van der Waals surface area contributed by atoms with Gasteiger partial charge >= 0.3 is 18.0 Å². The van der Waals surface area contributed by atoms with E-state index in [0.717, 1.165) is 12.1 Å². The second-order valence-corrected chi connectivity index (χ2v) is 10.8. The summed E-state index contributed by atoms with van der Waals surface area (Å²) in [6.07, 6.45) is -2.16. The highest BCUT2D eigenvalue weighted by molar-refractivity contribution is 5.89. The van der Waals surface area contributed by atoms with Gasteiger partial charge in [0.25, 0.3) is 0 Å². The Morgan fingerprint density at radius 2 is 1.75 bits per heavy atom. The van der Waals surface area contributed by atoms with Crippen LogP contribution in [0, 0.1) is 17.0 Å². The minimum absolute atomic E-state index is 0.0132. The molecule has 1 aliphatic heterocycles. The minimum atomic E-state index is -1.38. The standard InChI is InChI=1S/C24H31F3N4O5/c1-23(2,3)20(33)35-19(32)12-31-18-10-15(27)14(26)9-16(18)28-21(31)30-8-7-13(25)17(11-30)29-22(34)36-24(4,5)6/h9-10,13,17H,7-8,11-12H2,1-6H3,(H,29,34)/t13-,17-/m1/s1. The number of esters is 2. The van der Waals surface area contributed by atoms with Crippen molar-refractivity contribution in [3.63, 3.8) is 0 Å². The number of rotatable bonds is 4. The van der Waals surface area contributed by atoms with Crippen molar-refractivity contribution in [2.24, 2.45) is 5.41 Å². The van der Waals surface area contributed by atoms with Gasteiger partial charge in [-0.05, 0) is 48.0 Å². The Morgan fingerprint density at radius 1 is 1.11 bits per heavy atom. The summed E-state index contributed by atoms with van der Waals surface area (Å²) >= 11 is 0. The smallest absolute Gasteiger partial charge is 0.408 e. The number of halogens is 3. The van der Waals surface area contributed by atoms with Crippen LogP contribution in [0.1, 0.15) is 48.0 Å². The third-order valence-electron chi connectivity index (χ3n) is 5.39. The number of ether oxygens (including phenoxy) is 2. The molecule has 1 aromatic heterocycles. The molecule has 9 nitrogen and oxygen atoms in total. The topological polar surface area (TPSA) is 103 Å². The van der Waals surface area contributed by atoms with E-state index in [9.17, 15) is 27.6 Å². The Labute approximate surface area is 206 Å². The first-order chi connectivity index (χ1) is 16.5. The van der Waals surface area contributed by atoms with E-state index >= 15 is 0 Å². The molecule has 0 spiro atoms. The highest BCUT2D eigenvalue weighted by Crippen LogP contribution is 2.28. The number of carbonyl (C=O) groups is 3. The summed E-state index contributed by atoms with van der Waals surface area (Å²) in [6.45, 7) is 9.35. The molecular weight excluding hydrogens is 481 g/mol. The van der Waals surface area contributed by atoms with E-state index in [4.69, 9.17) is 9.47 Å². The molecule has 1 aliphatic rings. The number of piperidine rings is 1. The molecule has 2 aromatic rings. The molecule has 36 heavy (non-hydrogen) atoms. The van der Waals surface area contributed by atoms with Crippen molar-refractivity contribution in [1.82, 2.24) is 14.9 Å². The van der Waals surface area contributed by atoms with E-state index in [1.165, 1.54) is 4.57 Å². The first kappa shape index (κ1) is 27.3. The van der Waals surface area contributed by atoms with Gasteiger partial charge < -0.3 is 19.7 Å². The molecular formula is C24H31F3N4O5. The van der Waals surface area contributed by atoms with Crippen LogP contribution in [0.15, 0.2) is 12.1 Å². The predicted octanol–water partition coefficient (Wildman–Crippen LogP) is 3.87. The van der Waals surface area contributed by atoms with Crippen LogP contribution < -0.4 is 10.2 Å². The van der Waals surface area contributed by atoms with Gasteiger partial charge in [-0.3, -0.25) is 9.36 Å². The van der Waals surface area contributed by atoms with Crippen molar-refractivity contribution < 1.29 is 37.0 Å². The molecule has 12 heteroatoms. The van der Waals surface area contributed by atoms with E-state index < -0.39 is 59.4 Å². The van der Waals surface area contributed by atoms with Crippen molar-refractivity contribution in [3.05, 3.63) is 23.8 Å². The second-order valence-electron chi connectivity index (χ2n) is 10.8. The van der Waals surface area contributed by atoms with Gasteiger partial charge in [-0.2, -0.15) is 0 Å². The number of anilines is 1. The van der Waals surface area contributed by atoms with Gasteiger partial charge in [-0.15, -0.1) is 0 Å². The third kappa shape index (κ3) is 6.46. The largest absolute Gasteiger partial charge is 0.444 e. The van der Waals surface area contributed by atoms with Gasteiger partial charge in [-0.1, -0.05) is 0 Å². The summed E-state index contributed by atoms with van der Waals surface area (Å²) < 4.78 is 54.1. The van der Waals surface area contributed by atoms with Crippen molar-refractivity contribution in [2.45, 2.75) is 72.3 Å². The van der Waals surface area contributed by atoms with Crippen molar-refractivity contribution in [2.75, 3.05) is 18.0 Å². The van der Waals surface area contributed by atoms with Crippen LogP contribution in [0.3, 0.4) is 0 Å². The van der Waals surface area contributed by atoms with Crippen molar-refractivity contribution >= 4 is 35.0 Å². The van der Waals surface area contributed by atoms with Crippen LogP contribution in [0.25, 0.3) is 11.0 Å². The number of alkyl halides is 1. The molecule has 2 heterocycles. The molecule has 1 fully saturated rings. The Bertz CT molecular complexity index is 1170. The lowest BCUT2D eigenvalue weighted by molar-refractivity contribution is -0.165. The predicted molar refractivity (Wildman–Crippen MR) is 125 cm³/mol. The average Bonchev–Trinajstić information content (AvgIpc) is 3.05. The summed E-state index contributed by atoms with van der Waals surface area (Å²) in [4.78, 5) is 42.9. The van der Waals surface area contributed by atoms with Gasteiger partial charge in [0.05, 0.1) is 22.5 Å². The summed E-state index contributed by atoms with van der Waals surface area (Å²) in [5.74, 6) is -3.85. The van der Waals surface area contributed by atoms with Crippen LogP contribution in [0.2, 0.25) is 0 Å². The van der Waals surface area contributed by atoms with E-state index in [0.29, 0.717) is 0 Å². The number of nitrogens with zero attached hydrogens (tertiary/aromatic N) is 3. The van der Waals surface area contributed by atoms with Crippen LogP contribution in [-0.2, 0) is 25.6 Å². The average molecular weight is 513 g/mol. The van der Waals surface area contributed by atoms with Gasteiger partial charge in [0.15, 0.2) is 11.6 Å². The van der Waals surface area contributed by atoms with Gasteiger partial charge in [0.1, 0.15) is 18.3 Å². The third-order valence-corrected chi connectivity index (χ3v) is 5.39. The minimum Gasteiger partial charge on any atom is -0.444 e. The lowest BCUT2D eigenvalue weighted by Gasteiger charge is -2.36. The van der Waals surface area contributed by atoms with Crippen molar-refractivity contribution in [3.8, 4) is 0 Å². The SMILES string of the molecule is CC(C)(C)OC(=O)N[C@@H]1CN(c2nc3cc(F)c(F)cc3n2CC(=O)OC(=O)C(C)(C)C)CC[C@H]1F. The summed E-state index contributed by atoms with van der Waals surface area (Å²) in [6, 6.07) is 0.803. The Hall–Kier alpha value is -3.31. The Balaban J connectivity index is 1.92. The molecule has 2 atom stereocenters. The number of fused-ring (bicyclic) bond motifs is 1. The first-order valence-electron chi connectivity index (χ1n) is 11.5. The highest BCUT2D eigenvalue weighted by Gasteiger charge is 2.34. The fourth-order valence-electron chi connectivity index (χ4n) is 3.62. The number of hydrogen-bond donors (Lipinski definition) is 1. The molecule has 1 saturated heterocycles. The maximum atomic E-state index is 14.7. The fraction of sp³-hybridized carbons (Fsp3) is 0.583. The molecule has 0 radical (unpaired) electrons. The Morgan fingerprint density at radius 3 is 2.36 bits per heavy atom. The number of carbonyl (C=O) groups excluding carboxylic acids is 3. The summed E-state index contributed by atoms with van der Waals surface area (Å²) in [5, 5.41) is 2.51. The van der Waals surface area contributed by atoms with Gasteiger partial charge in [0.2, 0.25) is 5.95 Å². The highest BCUT2D eigenvalue weighted by atomic mass is 19.2. The van der Waals surface area contributed by atoms with Gasteiger partial charge in [0, 0.05) is 25.2 Å². The molecule has 1 N–H and O–H groups in total. The molecule has 198 valence electrons. The zero-order valence-corrected chi connectivity index (χ0v) is 21.2. The first-order valence-corrected chi connectivity index (χ1v) is 11.5. The van der Waals surface area contributed by atoms with Crippen LogP contribution >= 0.6 is 0 Å². The Kier molecular flexibility index (Phi) is 7.56.